The van der Waals surface area contributed by atoms with E-state index in [-0.39, 0.29) is 18.2 Å². The van der Waals surface area contributed by atoms with Crippen LogP contribution in [0.4, 0.5) is 10.6 Å². The molecule has 0 atom stereocenters. The maximum atomic E-state index is 11.8. The van der Waals surface area contributed by atoms with Gasteiger partial charge in [0.25, 0.3) is 0 Å². The number of aromatic nitrogens is 2. The Hall–Kier alpha value is -1.83. The van der Waals surface area contributed by atoms with Crippen LogP contribution in [0.5, 0.6) is 0 Å². The first kappa shape index (κ1) is 19.5. The van der Waals surface area contributed by atoms with Gasteiger partial charge in [-0.05, 0) is 52.7 Å². The van der Waals surface area contributed by atoms with Gasteiger partial charge in [0.05, 0.1) is 5.56 Å². The van der Waals surface area contributed by atoms with Crippen LogP contribution in [0.3, 0.4) is 0 Å². The first-order chi connectivity index (χ1) is 11.8. The molecule has 25 heavy (non-hydrogen) atoms. The molecule has 1 aliphatic rings. The van der Waals surface area contributed by atoms with Gasteiger partial charge in [0.2, 0.25) is 0 Å². The molecule has 8 heteroatoms. The van der Waals surface area contributed by atoms with Crippen molar-refractivity contribution in [1.29, 1.82) is 0 Å². The third kappa shape index (κ3) is 6.19. The van der Waals surface area contributed by atoms with E-state index < -0.39 is 5.60 Å². The van der Waals surface area contributed by atoms with E-state index in [0.717, 1.165) is 32.0 Å². The van der Waals surface area contributed by atoms with Crippen molar-refractivity contribution in [2.45, 2.75) is 69.3 Å². The molecule has 0 radical (unpaired) electrons. The number of rotatable bonds is 5. The van der Waals surface area contributed by atoms with E-state index in [2.05, 4.69) is 20.6 Å². The number of carbonyl (C=O) groups is 2. The van der Waals surface area contributed by atoms with Crippen molar-refractivity contribution in [3.8, 4) is 0 Å². The Morgan fingerprint density at radius 1 is 1.28 bits per heavy atom. The molecule has 1 aromatic heterocycles. The Morgan fingerprint density at radius 2 is 1.92 bits per heavy atom. The summed E-state index contributed by atoms with van der Waals surface area (Å²) in [7, 11) is 0. The number of ether oxygens (including phenoxy) is 1. The number of hydrogen-bond donors (Lipinski definition) is 2. The predicted molar refractivity (Wildman–Crippen MR) is 98.2 cm³/mol. The Morgan fingerprint density at radius 3 is 2.48 bits per heavy atom. The van der Waals surface area contributed by atoms with E-state index in [0.29, 0.717) is 16.5 Å². The second kappa shape index (κ2) is 8.51. The average molecular weight is 366 g/mol. The number of carbonyl (C=O) groups excluding carboxylic acids is 2. The fraction of sp³-hybridized carbons (Fsp3) is 0.647. The van der Waals surface area contributed by atoms with Gasteiger partial charge in [-0.15, -0.1) is 0 Å². The Bertz CT molecular complexity index is 610. The smallest absolute Gasteiger partial charge is 0.407 e. The number of hydrogen-bond acceptors (Lipinski definition) is 7. The molecular formula is C17H26N4O3S. The van der Waals surface area contributed by atoms with Crippen LogP contribution in [0.1, 0.15) is 56.8 Å². The minimum absolute atomic E-state index is 0.116. The van der Waals surface area contributed by atoms with E-state index in [4.69, 9.17) is 4.74 Å². The zero-order valence-corrected chi connectivity index (χ0v) is 16.0. The summed E-state index contributed by atoms with van der Waals surface area (Å²) in [6.07, 6.45) is 7.32. The summed E-state index contributed by atoms with van der Waals surface area (Å²) < 4.78 is 5.29. The van der Waals surface area contributed by atoms with Crippen molar-refractivity contribution in [3.05, 3.63) is 11.8 Å². The van der Waals surface area contributed by atoms with Crippen LogP contribution >= 0.6 is 11.8 Å². The molecule has 1 heterocycles. The highest BCUT2D eigenvalue weighted by molar-refractivity contribution is 7.98. The molecule has 0 aromatic carbocycles. The molecule has 0 bridgehead atoms. The molecule has 2 N–H and O–H groups in total. The average Bonchev–Trinajstić information content (AvgIpc) is 2.54. The summed E-state index contributed by atoms with van der Waals surface area (Å²) in [4.78, 5) is 31.5. The van der Waals surface area contributed by atoms with Gasteiger partial charge in [0.1, 0.15) is 11.4 Å². The molecular weight excluding hydrogens is 340 g/mol. The fourth-order valence-electron chi connectivity index (χ4n) is 2.72. The third-order valence-electron chi connectivity index (χ3n) is 3.89. The lowest BCUT2D eigenvalue weighted by molar-refractivity contribution is 0.0492. The lowest BCUT2D eigenvalue weighted by Gasteiger charge is -2.31. The number of amides is 1. The SMILES string of the molecule is CSc1ncc(C=O)c(NC2CCC(NC(=O)OC(C)(C)C)CC2)n1. The summed E-state index contributed by atoms with van der Waals surface area (Å²) >= 11 is 1.44. The highest BCUT2D eigenvalue weighted by Crippen LogP contribution is 2.24. The molecule has 1 fully saturated rings. The second-order valence-electron chi connectivity index (χ2n) is 7.12. The number of aldehydes is 1. The Labute approximate surface area is 152 Å². The first-order valence-electron chi connectivity index (χ1n) is 8.43. The number of thioether (sulfide) groups is 1. The zero-order valence-electron chi connectivity index (χ0n) is 15.2. The molecule has 0 aliphatic heterocycles. The largest absolute Gasteiger partial charge is 0.444 e. The quantitative estimate of drug-likeness (QED) is 0.469. The van der Waals surface area contributed by atoms with Gasteiger partial charge >= 0.3 is 6.09 Å². The van der Waals surface area contributed by atoms with Crippen LogP contribution in [-0.4, -0.2) is 46.3 Å². The lowest BCUT2D eigenvalue weighted by atomic mass is 9.91. The molecule has 1 saturated carbocycles. The first-order valence-corrected chi connectivity index (χ1v) is 9.65. The van der Waals surface area contributed by atoms with Crippen molar-refractivity contribution in [3.63, 3.8) is 0 Å². The standard InChI is InChI=1S/C17H26N4O3S/c1-17(2,3)24-16(23)20-13-7-5-12(6-8-13)19-14-11(10-22)9-18-15(21-14)25-4/h9-10,12-13H,5-8H2,1-4H3,(H,20,23)(H,18,19,21). The molecule has 0 spiro atoms. The van der Waals surface area contributed by atoms with Gasteiger partial charge in [0, 0.05) is 18.3 Å². The van der Waals surface area contributed by atoms with E-state index in [9.17, 15) is 9.59 Å². The normalized spacial score (nSPS) is 20.6. The molecule has 1 aliphatic carbocycles. The zero-order chi connectivity index (χ0) is 18.4. The van der Waals surface area contributed by atoms with Gasteiger partial charge in [-0.2, -0.15) is 0 Å². The molecule has 7 nitrogen and oxygen atoms in total. The Balaban J connectivity index is 1.86. The summed E-state index contributed by atoms with van der Waals surface area (Å²) in [5.74, 6) is 0.581. The van der Waals surface area contributed by atoms with Crippen LogP contribution in [0.15, 0.2) is 11.4 Å². The van der Waals surface area contributed by atoms with Crippen molar-refractivity contribution < 1.29 is 14.3 Å². The van der Waals surface area contributed by atoms with Crippen LogP contribution in [0.2, 0.25) is 0 Å². The number of nitrogens with zero attached hydrogens (tertiary/aromatic N) is 2. The van der Waals surface area contributed by atoms with Crippen molar-refractivity contribution in [2.75, 3.05) is 11.6 Å². The monoisotopic (exact) mass is 366 g/mol. The van der Waals surface area contributed by atoms with Gasteiger partial charge in [-0.3, -0.25) is 4.79 Å². The van der Waals surface area contributed by atoms with E-state index in [1.54, 1.807) is 6.20 Å². The number of nitrogens with one attached hydrogen (secondary N) is 2. The molecule has 1 amide bonds. The second-order valence-corrected chi connectivity index (χ2v) is 7.89. The van der Waals surface area contributed by atoms with Gasteiger partial charge in [-0.1, -0.05) is 11.8 Å². The summed E-state index contributed by atoms with van der Waals surface area (Å²) in [5, 5.41) is 6.91. The molecule has 0 saturated heterocycles. The van der Waals surface area contributed by atoms with Crippen molar-refractivity contribution >= 4 is 30.0 Å². The van der Waals surface area contributed by atoms with Crippen LogP contribution in [-0.2, 0) is 4.74 Å². The molecule has 138 valence electrons. The van der Waals surface area contributed by atoms with E-state index in [1.807, 2.05) is 27.0 Å². The van der Waals surface area contributed by atoms with Crippen LogP contribution in [0, 0.1) is 0 Å². The van der Waals surface area contributed by atoms with Crippen LogP contribution in [0.25, 0.3) is 0 Å². The maximum Gasteiger partial charge on any atom is 0.407 e. The van der Waals surface area contributed by atoms with E-state index in [1.165, 1.54) is 11.8 Å². The highest BCUT2D eigenvalue weighted by Gasteiger charge is 2.25. The predicted octanol–water partition coefficient (Wildman–Crippen LogP) is 3.26. The highest BCUT2D eigenvalue weighted by atomic mass is 32.2. The fourth-order valence-corrected chi connectivity index (χ4v) is 3.07. The van der Waals surface area contributed by atoms with Gasteiger partial charge < -0.3 is 15.4 Å². The van der Waals surface area contributed by atoms with Crippen molar-refractivity contribution in [1.82, 2.24) is 15.3 Å². The number of alkyl carbamates (subject to hydrolysis) is 1. The van der Waals surface area contributed by atoms with Crippen LogP contribution < -0.4 is 10.6 Å². The topological polar surface area (TPSA) is 93.2 Å². The van der Waals surface area contributed by atoms with Crippen molar-refractivity contribution in [2.24, 2.45) is 0 Å². The third-order valence-corrected chi connectivity index (χ3v) is 4.46. The number of anilines is 1. The summed E-state index contributed by atoms with van der Waals surface area (Å²) in [6.45, 7) is 5.55. The van der Waals surface area contributed by atoms with E-state index >= 15 is 0 Å². The molecule has 1 aromatic rings. The van der Waals surface area contributed by atoms with Gasteiger partial charge in [-0.25, -0.2) is 14.8 Å². The molecule has 2 rings (SSSR count). The maximum absolute atomic E-state index is 11.8. The summed E-state index contributed by atoms with van der Waals surface area (Å²) in [5.41, 5.74) is -0.0254. The van der Waals surface area contributed by atoms with Gasteiger partial charge in [0.15, 0.2) is 11.4 Å². The molecule has 0 unspecified atom stereocenters. The summed E-state index contributed by atoms with van der Waals surface area (Å²) in [6, 6.07) is 0.339. The minimum atomic E-state index is -0.490. The minimum Gasteiger partial charge on any atom is -0.444 e. The lowest BCUT2D eigenvalue weighted by Crippen LogP contribution is -2.42. The Kier molecular flexibility index (Phi) is 6.64.